The molecule has 0 unspecified atom stereocenters. The predicted molar refractivity (Wildman–Crippen MR) is 84.1 cm³/mol. The van der Waals surface area contributed by atoms with Crippen LogP contribution in [0.3, 0.4) is 0 Å². The zero-order chi connectivity index (χ0) is 16.3. The van der Waals surface area contributed by atoms with Gasteiger partial charge < -0.3 is 10.4 Å². The molecule has 4 nitrogen and oxygen atoms in total. The van der Waals surface area contributed by atoms with Crippen LogP contribution >= 0.6 is 11.6 Å². The summed E-state index contributed by atoms with van der Waals surface area (Å²) in [6, 6.07) is 7.09. The van der Waals surface area contributed by atoms with Crippen molar-refractivity contribution in [1.82, 2.24) is 5.32 Å². The Morgan fingerprint density at radius 3 is 2.38 bits per heavy atom. The Morgan fingerprint density at radius 1 is 1.24 bits per heavy atom. The molecule has 0 fully saturated rings. The molecular formula is C16H20ClNO3. The highest BCUT2D eigenvalue weighted by Crippen LogP contribution is 2.30. The minimum atomic E-state index is -1.09. The lowest BCUT2D eigenvalue weighted by atomic mass is 9.74. The molecule has 114 valence electrons. The Bertz CT molecular complexity index is 577. The molecule has 1 amide bonds. The Hall–Kier alpha value is -1.81. The number of carboxylic acid groups (broad SMARTS) is 1. The van der Waals surface area contributed by atoms with Crippen molar-refractivity contribution in [1.29, 1.82) is 0 Å². The van der Waals surface area contributed by atoms with Crippen molar-refractivity contribution >= 4 is 29.6 Å². The Balaban J connectivity index is 2.80. The monoisotopic (exact) mass is 309 g/mol. The summed E-state index contributed by atoms with van der Waals surface area (Å²) in [7, 11) is 0. The molecule has 0 aliphatic carbocycles. The smallest absolute Gasteiger partial charge is 0.311 e. The quantitative estimate of drug-likeness (QED) is 0.820. The lowest BCUT2D eigenvalue weighted by Gasteiger charge is -2.38. The first-order valence-electron chi connectivity index (χ1n) is 6.55. The van der Waals surface area contributed by atoms with Crippen molar-refractivity contribution in [3.05, 3.63) is 40.9 Å². The van der Waals surface area contributed by atoms with E-state index in [0.717, 1.165) is 5.56 Å². The average molecular weight is 310 g/mol. The van der Waals surface area contributed by atoms with Crippen molar-refractivity contribution in [2.75, 3.05) is 0 Å². The topological polar surface area (TPSA) is 66.4 Å². The van der Waals surface area contributed by atoms with E-state index in [4.69, 9.17) is 11.6 Å². The highest BCUT2D eigenvalue weighted by molar-refractivity contribution is 6.30. The van der Waals surface area contributed by atoms with Gasteiger partial charge in [-0.05, 0) is 51.5 Å². The van der Waals surface area contributed by atoms with E-state index in [9.17, 15) is 14.7 Å². The van der Waals surface area contributed by atoms with Gasteiger partial charge in [-0.15, -0.1) is 0 Å². The molecule has 1 aromatic rings. The van der Waals surface area contributed by atoms with Gasteiger partial charge in [0, 0.05) is 11.1 Å². The number of benzene rings is 1. The first-order chi connectivity index (χ1) is 9.56. The van der Waals surface area contributed by atoms with Crippen LogP contribution in [0.2, 0.25) is 5.02 Å². The number of carbonyl (C=O) groups excluding carboxylic acids is 1. The van der Waals surface area contributed by atoms with Crippen molar-refractivity contribution in [2.45, 2.75) is 33.2 Å². The summed E-state index contributed by atoms with van der Waals surface area (Å²) in [6.07, 6.45) is 3.00. The SMILES string of the molecule is CC(C)(NC(=O)C=Cc1cccc(Cl)c1)C(C)(C)C(=O)O. The average Bonchev–Trinajstić information content (AvgIpc) is 2.35. The van der Waals surface area contributed by atoms with Gasteiger partial charge in [0.05, 0.1) is 11.0 Å². The van der Waals surface area contributed by atoms with Crippen molar-refractivity contribution in [3.8, 4) is 0 Å². The zero-order valence-corrected chi connectivity index (χ0v) is 13.4. The van der Waals surface area contributed by atoms with E-state index in [1.807, 2.05) is 6.07 Å². The summed E-state index contributed by atoms with van der Waals surface area (Å²) in [6.45, 7) is 6.53. The first-order valence-corrected chi connectivity index (χ1v) is 6.93. The minimum Gasteiger partial charge on any atom is -0.481 e. The molecular weight excluding hydrogens is 290 g/mol. The van der Waals surface area contributed by atoms with E-state index in [2.05, 4.69) is 5.32 Å². The van der Waals surface area contributed by atoms with Crippen LogP contribution in [-0.4, -0.2) is 22.5 Å². The first kappa shape index (κ1) is 17.2. The standard InChI is InChI=1S/C16H20ClNO3/c1-15(2,14(20)21)16(3,4)18-13(19)9-8-11-6-5-7-12(17)10-11/h5-10H,1-4H3,(H,18,19)(H,20,21). The molecule has 0 aromatic heterocycles. The Kier molecular flexibility index (Phi) is 5.18. The summed E-state index contributed by atoms with van der Waals surface area (Å²) in [5, 5.41) is 12.6. The Labute approximate surface area is 129 Å². The van der Waals surface area contributed by atoms with Crippen LogP contribution in [0.5, 0.6) is 0 Å². The van der Waals surface area contributed by atoms with Gasteiger partial charge in [-0.1, -0.05) is 23.7 Å². The molecule has 21 heavy (non-hydrogen) atoms. The second-order valence-corrected chi connectivity index (χ2v) is 6.37. The molecule has 0 spiro atoms. The number of halogens is 1. The molecule has 2 N–H and O–H groups in total. The van der Waals surface area contributed by atoms with Gasteiger partial charge >= 0.3 is 5.97 Å². The maximum absolute atomic E-state index is 12.0. The molecule has 5 heteroatoms. The van der Waals surface area contributed by atoms with Crippen LogP contribution in [-0.2, 0) is 9.59 Å². The summed E-state index contributed by atoms with van der Waals surface area (Å²) in [4.78, 5) is 23.2. The summed E-state index contributed by atoms with van der Waals surface area (Å²) >= 11 is 5.86. The van der Waals surface area contributed by atoms with Gasteiger partial charge in [0.1, 0.15) is 0 Å². The predicted octanol–water partition coefficient (Wildman–Crippen LogP) is 3.36. The lowest BCUT2D eigenvalue weighted by Crippen LogP contribution is -2.56. The molecule has 0 atom stereocenters. The van der Waals surface area contributed by atoms with Gasteiger partial charge in [-0.2, -0.15) is 0 Å². The molecule has 1 aromatic carbocycles. The second kappa shape index (κ2) is 6.31. The fourth-order valence-corrected chi connectivity index (χ4v) is 1.75. The number of carboxylic acids is 1. The lowest BCUT2D eigenvalue weighted by molar-refractivity contribution is -0.151. The minimum absolute atomic E-state index is 0.352. The van der Waals surface area contributed by atoms with Gasteiger partial charge in [0.2, 0.25) is 5.91 Å². The summed E-state index contributed by atoms with van der Waals surface area (Å²) < 4.78 is 0. The largest absolute Gasteiger partial charge is 0.481 e. The van der Waals surface area contributed by atoms with Crippen LogP contribution in [0.25, 0.3) is 6.08 Å². The van der Waals surface area contributed by atoms with Crippen molar-refractivity contribution < 1.29 is 14.7 Å². The molecule has 0 aliphatic rings. The highest BCUT2D eigenvalue weighted by Gasteiger charge is 2.44. The molecule has 0 saturated heterocycles. The maximum Gasteiger partial charge on any atom is 0.311 e. The number of rotatable bonds is 5. The summed E-state index contributed by atoms with van der Waals surface area (Å²) in [5.41, 5.74) is -1.19. The molecule has 0 aliphatic heterocycles. The van der Waals surface area contributed by atoms with Crippen LogP contribution in [0.15, 0.2) is 30.3 Å². The third-order valence-corrected chi connectivity index (χ3v) is 4.04. The van der Waals surface area contributed by atoms with E-state index in [0.29, 0.717) is 5.02 Å². The van der Waals surface area contributed by atoms with Gasteiger partial charge in [0.15, 0.2) is 0 Å². The van der Waals surface area contributed by atoms with Crippen LogP contribution < -0.4 is 5.32 Å². The second-order valence-electron chi connectivity index (χ2n) is 5.93. The number of amides is 1. The van der Waals surface area contributed by atoms with E-state index >= 15 is 0 Å². The maximum atomic E-state index is 12.0. The van der Waals surface area contributed by atoms with E-state index in [1.54, 1.807) is 52.0 Å². The van der Waals surface area contributed by atoms with Gasteiger partial charge in [-0.3, -0.25) is 9.59 Å². The highest BCUT2D eigenvalue weighted by atomic mass is 35.5. The molecule has 0 radical (unpaired) electrons. The molecule has 0 heterocycles. The Morgan fingerprint density at radius 2 is 1.86 bits per heavy atom. The van der Waals surface area contributed by atoms with Gasteiger partial charge in [-0.25, -0.2) is 0 Å². The van der Waals surface area contributed by atoms with Crippen molar-refractivity contribution in [3.63, 3.8) is 0 Å². The van der Waals surface area contributed by atoms with Crippen LogP contribution in [0.4, 0.5) is 0 Å². The van der Waals surface area contributed by atoms with E-state index in [-0.39, 0.29) is 5.91 Å². The number of carbonyl (C=O) groups is 2. The number of aliphatic carboxylic acids is 1. The number of hydrogen-bond donors (Lipinski definition) is 2. The molecule has 0 bridgehead atoms. The van der Waals surface area contributed by atoms with E-state index in [1.165, 1.54) is 6.08 Å². The van der Waals surface area contributed by atoms with Crippen molar-refractivity contribution in [2.24, 2.45) is 5.41 Å². The summed E-state index contributed by atoms with van der Waals surface area (Å²) in [5.74, 6) is -1.32. The molecule has 0 saturated carbocycles. The fraction of sp³-hybridized carbons (Fsp3) is 0.375. The fourth-order valence-electron chi connectivity index (χ4n) is 1.56. The van der Waals surface area contributed by atoms with Gasteiger partial charge in [0.25, 0.3) is 0 Å². The number of hydrogen-bond acceptors (Lipinski definition) is 2. The van der Waals surface area contributed by atoms with E-state index < -0.39 is 16.9 Å². The molecule has 1 rings (SSSR count). The normalized spacial score (nSPS) is 12.4. The zero-order valence-electron chi connectivity index (χ0n) is 12.6. The van der Waals surface area contributed by atoms with Crippen LogP contribution in [0, 0.1) is 5.41 Å². The third kappa shape index (κ3) is 4.33. The number of nitrogens with one attached hydrogen (secondary N) is 1. The van der Waals surface area contributed by atoms with Crippen LogP contribution in [0.1, 0.15) is 33.3 Å². The third-order valence-electron chi connectivity index (χ3n) is 3.81.